The van der Waals surface area contributed by atoms with E-state index in [4.69, 9.17) is 5.11 Å². The molecule has 0 atom stereocenters. The predicted molar refractivity (Wildman–Crippen MR) is 96.0 cm³/mol. The molecule has 0 saturated carbocycles. The summed E-state index contributed by atoms with van der Waals surface area (Å²) in [5.74, 6) is -2.53. The molecule has 2 heterocycles. The van der Waals surface area contributed by atoms with Crippen LogP contribution in [0.3, 0.4) is 0 Å². The van der Waals surface area contributed by atoms with Gasteiger partial charge >= 0.3 is 5.97 Å². The zero-order chi connectivity index (χ0) is 19.1. The molecule has 0 unspecified atom stereocenters. The molecule has 0 bridgehead atoms. The first kappa shape index (κ1) is 17.2. The van der Waals surface area contributed by atoms with Crippen molar-refractivity contribution in [1.29, 1.82) is 0 Å². The summed E-state index contributed by atoms with van der Waals surface area (Å²) in [7, 11) is 0. The molecule has 2 aromatic heterocycles. The molecule has 4 aromatic rings. The number of halogens is 2. The fourth-order valence-corrected chi connectivity index (χ4v) is 3.82. The minimum atomic E-state index is -1.07. The van der Waals surface area contributed by atoms with Crippen LogP contribution in [0.15, 0.2) is 41.2 Å². The van der Waals surface area contributed by atoms with Crippen LogP contribution < -0.4 is 5.56 Å². The van der Waals surface area contributed by atoms with Crippen molar-refractivity contribution < 1.29 is 18.7 Å². The number of carboxylic acids is 1. The number of carboxylic acid groups (broad SMARTS) is 1. The molecule has 0 aliphatic rings. The van der Waals surface area contributed by atoms with Gasteiger partial charge in [0.2, 0.25) is 0 Å². The third kappa shape index (κ3) is 3.17. The summed E-state index contributed by atoms with van der Waals surface area (Å²) in [6, 6.07) is 8.50. The van der Waals surface area contributed by atoms with E-state index in [2.05, 4.69) is 10.1 Å². The summed E-state index contributed by atoms with van der Waals surface area (Å²) in [6.07, 6.45) is -0.347. The number of hydrogen-bond acceptors (Lipinski definition) is 5. The summed E-state index contributed by atoms with van der Waals surface area (Å²) in [5.41, 5.74) is -0.00576. The van der Waals surface area contributed by atoms with Gasteiger partial charge in [-0.3, -0.25) is 9.59 Å². The largest absolute Gasteiger partial charge is 0.481 e. The molecule has 27 heavy (non-hydrogen) atoms. The lowest BCUT2D eigenvalue weighted by Crippen LogP contribution is -2.26. The number of benzene rings is 2. The van der Waals surface area contributed by atoms with Crippen molar-refractivity contribution in [2.75, 3.05) is 0 Å². The number of thiazole rings is 1. The highest BCUT2D eigenvalue weighted by atomic mass is 32.1. The third-order valence-electron chi connectivity index (χ3n) is 4.00. The number of aromatic nitrogens is 3. The van der Waals surface area contributed by atoms with Gasteiger partial charge in [-0.2, -0.15) is 5.10 Å². The maximum absolute atomic E-state index is 13.9. The second kappa shape index (κ2) is 6.51. The molecule has 0 aliphatic carbocycles. The Hall–Kier alpha value is -3.20. The van der Waals surface area contributed by atoms with Gasteiger partial charge in [-0.25, -0.2) is 18.4 Å². The zero-order valence-corrected chi connectivity index (χ0v) is 14.5. The van der Waals surface area contributed by atoms with Crippen molar-refractivity contribution in [1.82, 2.24) is 14.8 Å². The smallest absolute Gasteiger partial charge is 0.309 e. The molecule has 136 valence electrons. The highest BCUT2D eigenvalue weighted by molar-refractivity contribution is 7.18. The lowest BCUT2D eigenvalue weighted by molar-refractivity contribution is -0.136. The number of fused-ring (bicyclic) bond motifs is 2. The monoisotopic (exact) mass is 387 g/mol. The molecule has 1 N–H and O–H groups in total. The van der Waals surface area contributed by atoms with E-state index in [0.29, 0.717) is 15.8 Å². The van der Waals surface area contributed by atoms with Gasteiger partial charge < -0.3 is 5.11 Å². The van der Waals surface area contributed by atoms with Crippen molar-refractivity contribution in [3.8, 4) is 0 Å². The predicted octanol–water partition coefficient (Wildman–Crippen LogP) is 2.96. The van der Waals surface area contributed by atoms with Gasteiger partial charge in [0.25, 0.3) is 5.56 Å². The standard InChI is InChI=1S/C18H11F2N3O3S/c19-9-5-12(20)17-14(6-9)21-15(27-17)8-23-18(26)11-4-2-1-3-10(11)13(22-23)7-16(24)25/h1-6H,7-8H2,(H,24,25). The lowest BCUT2D eigenvalue weighted by Gasteiger charge is -2.08. The fourth-order valence-electron chi connectivity index (χ4n) is 2.89. The van der Waals surface area contributed by atoms with E-state index in [1.54, 1.807) is 24.3 Å². The quantitative estimate of drug-likeness (QED) is 0.582. The normalized spacial score (nSPS) is 11.3. The molecule has 0 aliphatic heterocycles. The van der Waals surface area contributed by atoms with Gasteiger partial charge in [0.15, 0.2) is 0 Å². The van der Waals surface area contributed by atoms with Crippen LogP contribution in [-0.4, -0.2) is 25.8 Å². The summed E-state index contributed by atoms with van der Waals surface area (Å²) >= 11 is 0.992. The highest BCUT2D eigenvalue weighted by Gasteiger charge is 2.16. The zero-order valence-electron chi connectivity index (χ0n) is 13.6. The van der Waals surface area contributed by atoms with Gasteiger partial charge in [-0.15, -0.1) is 11.3 Å². The van der Waals surface area contributed by atoms with E-state index >= 15 is 0 Å². The first-order chi connectivity index (χ1) is 12.9. The van der Waals surface area contributed by atoms with Crippen molar-refractivity contribution in [3.63, 3.8) is 0 Å². The highest BCUT2D eigenvalue weighted by Crippen LogP contribution is 2.26. The van der Waals surface area contributed by atoms with Crippen molar-refractivity contribution in [2.24, 2.45) is 0 Å². The first-order valence-corrected chi connectivity index (χ1v) is 8.69. The summed E-state index contributed by atoms with van der Waals surface area (Å²) < 4.78 is 28.5. The molecule has 0 saturated heterocycles. The number of hydrogen-bond donors (Lipinski definition) is 1. The van der Waals surface area contributed by atoms with Gasteiger partial charge in [0.05, 0.1) is 34.3 Å². The molecule has 2 aromatic carbocycles. The van der Waals surface area contributed by atoms with Gasteiger partial charge in [-0.05, 0) is 6.07 Å². The van der Waals surface area contributed by atoms with Crippen LogP contribution in [0, 0.1) is 11.6 Å². The van der Waals surface area contributed by atoms with Crippen molar-refractivity contribution in [3.05, 3.63) is 69.1 Å². The topological polar surface area (TPSA) is 85.1 Å². The van der Waals surface area contributed by atoms with Gasteiger partial charge in [-0.1, -0.05) is 18.2 Å². The van der Waals surface area contributed by atoms with E-state index in [-0.39, 0.29) is 28.9 Å². The van der Waals surface area contributed by atoms with Gasteiger partial charge in [0.1, 0.15) is 16.6 Å². The van der Waals surface area contributed by atoms with Crippen molar-refractivity contribution in [2.45, 2.75) is 13.0 Å². The Labute approximate surface area is 154 Å². The summed E-state index contributed by atoms with van der Waals surface area (Å²) in [4.78, 5) is 28.0. The average Bonchev–Trinajstić information content (AvgIpc) is 3.01. The summed E-state index contributed by atoms with van der Waals surface area (Å²) in [6.45, 7) is -0.0727. The molecule has 0 spiro atoms. The number of carbonyl (C=O) groups is 1. The second-order valence-electron chi connectivity index (χ2n) is 5.87. The third-order valence-corrected chi connectivity index (χ3v) is 5.07. The fraction of sp³-hybridized carbons (Fsp3) is 0.111. The molecule has 9 heteroatoms. The van der Waals surface area contributed by atoms with E-state index < -0.39 is 23.2 Å². The molecular formula is C18H11F2N3O3S. The molecule has 6 nitrogen and oxygen atoms in total. The average molecular weight is 387 g/mol. The Morgan fingerprint density at radius 3 is 2.67 bits per heavy atom. The minimum Gasteiger partial charge on any atom is -0.481 e. The molecular weight excluding hydrogens is 376 g/mol. The van der Waals surface area contributed by atoms with E-state index in [0.717, 1.165) is 28.2 Å². The summed E-state index contributed by atoms with van der Waals surface area (Å²) in [5, 5.41) is 14.4. The lowest BCUT2D eigenvalue weighted by atomic mass is 10.1. The Bertz CT molecular complexity index is 1270. The van der Waals surface area contributed by atoms with Crippen LogP contribution in [-0.2, 0) is 17.8 Å². The maximum Gasteiger partial charge on any atom is 0.309 e. The van der Waals surface area contributed by atoms with Crippen LogP contribution in [0.1, 0.15) is 10.7 Å². The number of aliphatic carboxylic acids is 1. The number of nitrogens with zero attached hydrogens (tertiary/aromatic N) is 3. The van der Waals surface area contributed by atoms with E-state index in [9.17, 15) is 18.4 Å². The molecule has 0 amide bonds. The maximum atomic E-state index is 13.9. The molecule has 0 fully saturated rings. The Balaban J connectivity index is 1.84. The van der Waals surface area contributed by atoms with Crippen LogP contribution in [0.2, 0.25) is 0 Å². The Morgan fingerprint density at radius 1 is 1.19 bits per heavy atom. The number of rotatable bonds is 4. The van der Waals surface area contributed by atoms with E-state index in [1.165, 1.54) is 0 Å². The van der Waals surface area contributed by atoms with Crippen LogP contribution in [0.5, 0.6) is 0 Å². The minimum absolute atomic E-state index is 0.0727. The van der Waals surface area contributed by atoms with Crippen molar-refractivity contribution >= 4 is 38.3 Å². The van der Waals surface area contributed by atoms with Gasteiger partial charge in [0, 0.05) is 17.5 Å². The van der Waals surface area contributed by atoms with Crippen LogP contribution >= 0.6 is 11.3 Å². The van der Waals surface area contributed by atoms with E-state index in [1.807, 2.05) is 0 Å². The van der Waals surface area contributed by atoms with Crippen LogP contribution in [0.4, 0.5) is 8.78 Å². The Morgan fingerprint density at radius 2 is 1.93 bits per heavy atom. The molecule has 4 rings (SSSR count). The molecule has 0 radical (unpaired) electrons. The van der Waals surface area contributed by atoms with Crippen LogP contribution in [0.25, 0.3) is 21.0 Å². The first-order valence-electron chi connectivity index (χ1n) is 7.87. The SMILES string of the molecule is O=C(O)Cc1nn(Cc2nc3cc(F)cc(F)c3s2)c(=O)c2ccccc12. The Kier molecular flexibility index (Phi) is 4.15. The second-order valence-corrected chi connectivity index (χ2v) is 6.95.